The SMILES string of the molecule is Cc1nc(CNc2ccc(N)c(N)n2)oc1C. The molecule has 90 valence electrons. The van der Waals surface area contributed by atoms with Crippen LogP contribution in [0.3, 0.4) is 0 Å². The van der Waals surface area contributed by atoms with Crippen LogP contribution in [0.15, 0.2) is 16.5 Å². The van der Waals surface area contributed by atoms with E-state index in [0.29, 0.717) is 29.8 Å². The molecule has 0 fully saturated rings. The molecular weight excluding hydrogens is 218 g/mol. The van der Waals surface area contributed by atoms with Gasteiger partial charge in [0.05, 0.1) is 17.9 Å². The van der Waals surface area contributed by atoms with E-state index < -0.39 is 0 Å². The number of nitrogens with zero attached hydrogens (tertiary/aromatic N) is 2. The molecule has 2 aromatic heterocycles. The Hall–Kier alpha value is -2.24. The van der Waals surface area contributed by atoms with Crippen LogP contribution in [0.4, 0.5) is 17.3 Å². The first-order chi connectivity index (χ1) is 8.06. The minimum Gasteiger partial charge on any atom is -0.444 e. The number of oxazole rings is 1. The number of aryl methyl sites for hydroxylation is 2. The summed E-state index contributed by atoms with van der Waals surface area (Å²) in [5.41, 5.74) is 12.5. The normalized spacial score (nSPS) is 10.5. The Balaban J connectivity index is 2.04. The molecular formula is C11H15N5O. The molecule has 0 atom stereocenters. The van der Waals surface area contributed by atoms with Crippen molar-refractivity contribution in [3.8, 4) is 0 Å². The Bertz CT molecular complexity index is 515. The summed E-state index contributed by atoms with van der Waals surface area (Å²) in [5, 5.41) is 3.07. The van der Waals surface area contributed by atoms with Gasteiger partial charge in [0.1, 0.15) is 17.4 Å². The number of hydrogen-bond acceptors (Lipinski definition) is 6. The van der Waals surface area contributed by atoms with E-state index in [1.165, 1.54) is 0 Å². The van der Waals surface area contributed by atoms with Gasteiger partial charge in [0, 0.05) is 0 Å². The van der Waals surface area contributed by atoms with Crippen LogP contribution >= 0.6 is 0 Å². The van der Waals surface area contributed by atoms with Crippen molar-refractivity contribution in [2.45, 2.75) is 20.4 Å². The Kier molecular flexibility index (Phi) is 2.86. The summed E-state index contributed by atoms with van der Waals surface area (Å²) in [6, 6.07) is 3.46. The second-order valence-electron chi connectivity index (χ2n) is 3.77. The lowest BCUT2D eigenvalue weighted by Crippen LogP contribution is -2.04. The molecule has 2 aromatic rings. The molecule has 5 N–H and O–H groups in total. The van der Waals surface area contributed by atoms with Crippen LogP contribution in [0.5, 0.6) is 0 Å². The predicted molar refractivity (Wildman–Crippen MR) is 66.4 cm³/mol. The summed E-state index contributed by atoms with van der Waals surface area (Å²) in [7, 11) is 0. The second kappa shape index (κ2) is 4.32. The highest BCUT2D eigenvalue weighted by Crippen LogP contribution is 2.15. The van der Waals surface area contributed by atoms with Crippen molar-refractivity contribution in [3.05, 3.63) is 29.5 Å². The Morgan fingerprint density at radius 3 is 2.59 bits per heavy atom. The van der Waals surface area contributed by atoms with Crippen LogP contribution in [0.25, 0.3) is 0 Å². The third-order valence-electron chi connectivity index (χ3n) is 2.45. The van der Waals surface area contributed by atoms with Crippen LogP contribution in [0.2, 0.25) is 0 Å². The number of nitrogens with two attached hydrogens (primary N) is 2. The highest BCUT2D eigenvalue weighted by molar-refractivity contribution is 5.61. The number of aromatic nitrogens is 2. The number of pyridine rings is 1. The Labute approximate surface area is 99.0 Å². The molecule has 0 radical (unpaired) electrons. The van der Waals surface area contributed by atoms with Crippen molar-refractivity contribution in [2.24, 2.45) is 0 Å². The average Bonchev–Trinajstić information content (AvgIpc) is 2.60. The molecule has 0 amide bonds. The highest BCUT2D eigenvalue weighted by Gasteiger charge is 2.05. The van der Waals surface area contributed by atoms with Gasteiger partial charge in [0.25, 0.3) is 0 Å². The number of rotatable bonds is 3. The standard InChI is InChI=1S/C11H15N5O/c1-6-7(2)17-10(15-6)5-14-9-4-3-8(12)11(13)16-9/h3-4H,5,12H2,1-2H3,(H3,13,14,16). The lowest BCUT2D eigenvalue weighted by Gasteiger charge is -2.05. The van der Waals surface area contributed by atoms with Gasteiger partial charge >= 0.3 is 0 Å². The van der Waals surface area contributed by atoms with Crippen molar-refractivity contribution in [1.29, 1.82) is 0 Å². The zero-order valence-electron chi connectivity index (χ0n) is 9.82. The minimum atomic E-state index is 0.315. The monoisotopic (exact) mass is 233 g/mol. The fourth-order valence-corrected chi connectivity index (χ4v) is 1.37. The number of hydrogen-bond donors (Lipinski definition) is 3. The van der Waals surface area contributed by atoms with Gasteiger partial charge in [0.2, 0.25) is 5.89 Å². The summed E-state index contributed by atoms with van der Waals surface area (Å²) < 4.78 is 5.43. The first kappa shape index (κ1) is 11.3. The van der Waals surface area contributed by atoms with E-state index >= 15 is 0 Å². The van der Waals surface area contributed by atoms with Gasteiger partial charge in [-0.15, -0.1) is 0 Å². The zero-order valence-corrected chi connectivity index (χ0v) is 9.82. The molecule has 0 aliphatic rings. The maximum Gasteiger partial charge on any atom is 0.213 e. The molecule has 17 heavy (non-hydrogen) atoms. The topological polar surface area (TPSA) is 103 Å². The van der Waals surface area contributed by atoms with Crippen LogP contribution in [0, 0.1) is 13.8 Å². The van der Waals surface area contributed by atoms with Gasteiger partial charge in [-0.2, -0.15) is 0 Å². The van der Waals surface area contributed by atoms with E-state index in [0.717, 1.165) is 11.5 Å². The first-order valence-electron chi connectivity index (χ1n) is 5.25. The van der Waals surface area contributed by atoms with Crippen LogP contribution in [0.1, 0.15) is 17.3 Å². The summed E-state index contributed by atoms with van der Waals surface area (Å²) in [6.45, 7) is 4.25. The molecule has 0 unspecified atom stereocenters. The average molecular weight is 233 g/mol. The Morgan fingerprint density at radius 1 is 1.24 bits per heavy atom. The third kappa shape index (κ3) is 2.47. The van der Waals surface area contributed by atoms with E-state index in [4.69, 9.17) is 15.9 Å². The molecule has 2 heterocycles. The summed E-state index contributed by atoms with van der Waals surface area (Å²) in [5.74, 6) is 2.41. The lowest BCUT2D eigenvalue weighted by atomic mass is 10.4. The van der Waals surface area contributed by atoms with Crippen molar-refractivity contribution in [1.82, 2.24) is 9.97 Å². The minimum absolute atomic E-state index is 0.315. The van der Waals surface area contributed by atoms with Crippen LogP contribution < -0.4 is 16.8 Å². The van der Waals surface area contributed by atoms with E-state index in [2.05, 4.69) is 15.3 Å². The molecule has 0 bridgehead atoms. The molecule has 0 aliphatic carbocycles. The largest absolute Gasteiger partial charge is 0.444 e. The van der Waals surface area contributed by atoms with Gasteiger partial charge in [-0.25, -0.2) is 9.97 Å². The molecule has 0 aliphatic heterocycles. The maximum atomic E-state index is 5.60. The molecule has 0 spiro atoms. The molecule has 0 saturated heterocycles. The number of nitrogen functional groups attached to an aromatic ring is 2. The van der Waals surface area contributed by atoms with Gasteiger partial charge in [-0.3, -0.25) is 0 Å². The van der Waals surface area contributed by atoms with E-state index in [-0.39, 0.29) is 0 Å². The van der Waals surface area contributed by atoms with Crippen molar-refractivity contribution >= 4 is 17.3 Å². The quantitative estimate of drug-likeness (QED) is 0.741. The lowest BCUT2D eigenvalue weighted by molar-refractivity contribution is 0.478. The van der Waals surface area contributed by atoms with Crippen LogP contribution in [-0.4, -0.2) is 9.97 Å². The van der Waals surface area contributed by atoms with E-state index in [9.17, 15) is 0 Å². The van der Waals surface area contributed by atoms with Gasteiger partial charge < -0.3 is 21.2 Å². The maximum absolute atomic E-state index is 5.60. The van der Waals surface area contributed by atoms with Crippen molar-refractivity contribution in [2.75, 3.05) is 16.8 Å². The van der Waals surface area contributed by atoms with E-state index in [1.807, 2.05) is 13.8 Å². The summed E-state index contributed by atoms with van der Waals surface area (Å²) in [4.78, 5) is 8.34. The van der Waals surface area contributed by atoms with Crippen molar-refractivity contribution < 1.29 is 4.42 Å². The Morgan fingerprint density at radius 2 is 2.00 bits per heavy atom. The van der Waals surface area contributed by atoms with Gasteiger partial charge in [-0.1, -0.05) is 0 Å². The van der Waals surface area contributed by atoms with Gasteiger partial charge in [-0.05, 0) is 26.0 Å². The summed E-state index contributed by atoms with van der Waals surface area (Å²) in [6.07, 6.45) is 0. The van der Waals surface area contributed by atoms with E-state index in [1.54, 1.807) is 12.1 Å². The fourth-order valence-electron chi connectivity index (χ4n) is 1.37. The molecule has 2 rings (SSSR count). The smallest absolute Gasteiger partial charge is 0.213 e. The molecule has 0 saturated carbocycles. The zero-order chi connectivity index (χ0) is 12.4. The van der Waals surface area contributed by atoms with Crippen LogP contribution in [-0.2, 0) is 6.54 Å². The molecule has 6 heteroatoms. The number of anilines is 3. The number of nitrogens with one attached hydrogen (secondary N) is 1. The predicted octanol–water partition coefficient (Wildman–Crippen LogP) is 1.46. The van der Waals surface area contributed by atoms with Crippen molar-refractivity contribution in [3.63, 3.8) is 0 Å². The molecule has 0 aromatic carbocycles. The first-order valence-corrected chi connectivity index (χ1v) is 5.25. The summed E-state index contributed by atoms with van der Waals surface area (Å²) >= 11 is 0. The second-order valence-corrected chi connectivity index (χ2v) is 3.77. The highest BCUT2D eigenvalue weighted by atomic mass is 16.4. The third-order valence-corrected chi connectivity index (χ3v) is 2.45. The van der Waals surface area contributed by atoms with Gasteiger partial charge in [0.15, 0.2) is 0 Å². The molecule has 6 nitrogen and oxygen atoms in total. The fraction of sp³-hybridized carbons (Fsp3) is 0.273.